The zero-order valence-corrected chi connectivity index (χ0v) is 17.8. The van der Waals surface area contributed by atoms with E-state index in [1.807, 2.05) is 20.0 Å². The van der Waals surface area contributed by atoms with Gasteiger partial charge in [-0.05, 0) is 16.8 Å². The second kappa shape index (κ2) is 6.78. The minimum Gasteiger partial charge on any atom is -0.425 e. The van der Waals surface area contributed by atoms with Crippen LogP contribution in [0.25, 0.3) is 0 Å². The van der Waals surface area contributed by atoms with E-state index in [1.54, 1.807) is 11.3 Å². The van der Waals surface area contributed by atoms with Crippen molar-refractivity contribution in [1.82, 2.24) is 35.8 Å². The van der Waals surface area contributed by atoms with Gasteiger partial charge in [-0.1, -0.05) is 48.5 Å². The molecule has 0 aliphatic rings. The molecule has 146 valence electrons. The third-order valence-electron chi connectivity index (χ3n) is 4.44. The maximum Gasteiger partial charge on any atom is 0.222 e. The second-order valence-corrected chi connectivity index (χ2v) is 10.4. The van der Waals surface area contributed by atoms with Crippen molar-refractivity contribution < 1.29 is 4.42 Å². The Morgan fingerprint density at radius 1 is 0.963 bits per heavy atom. The summed E-state index contributed by atoms with van der Waals surface area (Å²) in [4.78, 5) is 5.80. The summed E-state index contributed by atoms with van der Waals surface area (Å²) in [5.41, 5.74) is -0.534. The molecule has 9 heteroatoms. The van der Waals surface area contributed by atoms with E-state index in [0.717, 1.165) is 11.4 Å². The maximum absolute atomic E-state index is 6.01. The minimum atomic E-state index is -0.323. The van der Waals surface area contributed by atoms with Crippen LogP contribution in [0, 0.1) is 0 Å². The SMILES string of the molecule is CC(C)(C)c1ncc(CC(C)(C)c2nnc(CC(C)(C)c3nnn[nH]3)o2)s1. The van der Waals surface area contributed by atoms with Crippen molar-refractivity contribution in [3.8, 4) is 0 Å². The highest BCUT2D eigenvalue weighted by Crippen LogP contribution is 2.33. The lowest BCUT2D eigenvalue weighted by atomic mass is 9.88. The van der Waals surface area contributed by atoms with E-state index in [0.29, 0.717) is 24.0 Å². The van der Waals surface area contributed by atoms with Gasteiger partial charge in [0.1, 0.15) is 0 Å². The fraction of sp³-hybridized carbons (Fsp3) is 0.667. The van der Waals surface area contributed by atoms with Crippen molar-refractivity contribution in [1.29, 1.82) is 0 Å². The van der Waals surface area contributed by atoms with E-state index >= 15 is 0 Å². The van der Waals surface area contributed by atoms with E-state index in [2.05, 4.69) is 70.4 Å². The molecule has 0 aliphatic carbocycles. The van der Waals surface area contributed by atoms with Crippen LogP contribution in [0.15, 0.2) is 10.6 Å². The topological polar surface area (TPSA) is 106 Å². The monoisotopic (exact) mass is 389 g/mol. The largest absolute Gasteiger partial charge is 0.425 e. The smallest absolute Gasteiger partial charge is 0.222 e. The number of rotatable bonds is 6. The van der Waals surface area contributed by atoms with Crippen molar-refractivity contribution in [2.75, 3.05) is 0 Å². The standard InChI is InChI=1S/C18H27N7OS/c1-16(2,3)15-19-10-11(27-15)8-18(6,7)14-23-20-12(26-14)9-17(4,5)13-21-24-25-22-13/h10H,8-9H2,1-7H3,(H,21,22,24,25). The summed E-state index contributed by atoms with van der Waals surface area (Å²) in [7, 11) is 0. The predicted molar refractivity (Wildman–Crippen MR) is 103 cm³/mol. The van der Waals surface area contributed by atoms with Crippen molar-refractivity contribution in [2.45, 2.75) is 77.6 Å². The van der Waals surface area contributed by atoms with Crippen LogP contribution in [-0.2, 0) is 29.1 Å². The average molecular weight is 390 g/mol. The van der Waals surface area contributed by atoms with Gasteiger partial charge in [-0.2, -0.15) is 0 Å². The van der Waals surface area contributed by atoms with Crippen LogP contribution < -0.4 is 0 Å². The fourth-order valence-electron chi connectivity index (χ4n) is 2.75. The van der Waals surface area contributed by atoms with Crippen molar-refractivity contribution >= 4 is 11.3 Å². The first-order valence-electron chi connectivity index (χ1n) is 9.00. The molecule has 0 fully saturated rings. The molecule has 0 spiro atoms. The second-order valence-electron chi connectivity index (χ2n) is 9.25. The zero-order chi connectivity index (χ0) is 19.9. The maximum atomic E-state index is 6.01. The van der Waals surface area contributed by atoms with Crippen LogP contribution in [-0.4, -0.2) is 35.8 Å². The lowest BCUT2D eigenvalue weighted by molar-refractivity contribution is 0.332. The fourth-order valence-corrected chi connectivity index (χ4v) is 3.95. The third kappa shape index (κ3) is 4.40. The van der Waals surface area contributed by atoms with Crippen LogP contribution in [0.2, 0.25) is 0 Å². The molecule has 0 bridgehead atoms. The Morgan fingerprint density at radius 3 is 2.30 bits per heavy atom. The van der Waals surface area contributed by atoms with Crippen molar-refractivity contribution in [3.05, 3.63) is 33.7 Å². The number of H-pyrrole nitrogens is 1. The average Bonchev–Trinajstić information content (AvgIpc) is 3.27. The Kier molecular flexibility index (Phi) is 4.92. The first kappa shape index (κ1) is 19.6. The van der Waals surface area contributed by atoms with E-state index in [-0.39, 0.29) is 16.2 Å². The Bertz CT molecular complexity index is 887. The lowest BCUT2D eigenvalue weighted by Crippen LogP contribution is -2.23. The molecule has 3 heterocycles. The van der Waals surface area contributed by atoms with E-state index in [1.165, 1.54) is 4.88 Å². The van der Waals surface area contributed by atoms with Gasteiger partial charge in [0.05, 0.1) is 5.01 Å². The molecule has 3 aromatic rings. The highest BCUT2D eigenvalue weighted by molar-refractivity contribution is 7.11. The van der Waals surface area contributed by atoms with Crippen LogP contribution in [0.1, 0.15) is 76.0 Å². The van der Waals surface area contributed by atoms with Crippen LogP contribution >= 0.6 is 11.3 Å². The number of tetrazole rings is 1. The van der Waals surface area contributed by atoms with E-state index in [9.17, 15) is 0 Å². The van der Waals surface area contributed by atoms with Gasteiger partial charge in [0.25, 0.3) is 0 Å². The molecule has 0 aliphatic heterocycles. The van der Waals surface area contributed by atoms with Crippen LogP contribution in [0.4, 0.5) is 0 Å². The molecule has 27 heavy (non-hydrogen) atoms. The molecule has 8 nitrogen and oxygen atoms in total. The van der Waals surface area contributed by atoms with E-state index in [4.69, 9.17) is 4.42 Å². The normalized spacial score (nSPS) is 13.3. The van der Waals surface area contributed by atoms with Crippen LogP contribution in [0.5, 0.6) is 0 Å². The van der Waals surface area contributed by atoms with Crippen molar-refractivity contribution in [2.24, 2.45) is 0 Å². The van der Waals surface area contributed by atoms with Gasteiger partial charge in [-0.25, -0.2) is 10.1 Å². The first-order chi connectivity index (χ1) is 12.5. The Balaban J connectivity index is 1.73. The molecular weight excluding hydrogens is 362 g/mol. The lowest BCUT2D eigenvalue weighted by Gasteiger charge is -2.20. The van der Waals surface area contributed by atoms with Gasteiger partial charge in [-0.3, -0.25) is 0 Å². The first-order valence-corrected chi connectivity index (χ1v) is 9.81. The third-order valence-corrected chi connectivity index (χ3v) is 5.86. The highest BCUT2D eigenvalue weighted by atomic mass is 32.1. The van der Waals surface area contributed by atoms with Crippen LogP contribution in [0.3, 0.4) is 0 Å². The summed E-state index contributed by atoms with van der Waals surface area (Å²) in [6.45, 7) is 14.8. The molecule has 3 rings (SSSR count). The quantitative estimate of drug-likeness (QED) is 0.688. The summed E-state index contributed by atoms with van der Waals surface area (Å²) in [5.74, 6) is 1.91. The zero-order valence-electron chi connectivity index (χ0n) is 17.0. The number of nitrogens with one attached hydrogen (secondary N) is 1. The molecule has 0 unspecified atom stereocenters. The number of nitrogens with zero attached hydrogens (tertiary/aromatic N) is 6. The van der Waals surface area contributed by atoms with Gasteiger partial charge < -0.3 is 4.42 Å². The van der Waals surface area contributed by atoms with Gasteiger partial charge in [-0.15, -0.1) is 26.6 Å². The summed E-state index contributed by atoms with van der Waals surface area (Å²) in [5, 5.41) is 23.8. The number of aromatic amines is 1. The molecule has 0 saturated heterocycles. The summed E-state index contributed by atoms with van der Waals surface area (Å²) in [6.07, 6.45) is 3.32. The van der Waals surface area contributed by atoms with Gasteiger partial charge in [0.15, 0.2) is 5.82 Å². The summed E-state index contributed by atoms with van der Waals surface area (Å²) < 4.78 is 6.01. The van der Waals surface area contributed by atoms with Crippen molar-refractivity contribution in [3.63, 3.8) is 0 Å². The molecular formula is C18H27N7OS. The number of hydrogen-bond acceptors (Lipinski definition) is 8. The Hall–Kier alpha value is -2.16. The molecule has 1 N–H and O–H groups in total. The van der Waals surface area contributed by atoms with Gasteiger partial charge in [0, 0.05) is 33.7 Å². The predicted octanol–water partition coefficient (Wildman–Crippen LogP) is 3.38. The Morgan fingerprint density at radius 2 is 1.70 bits per heavy atom. The molecule has 3 aromatic heterocycles. The molecule has 0 radical (unpaired) electrons. The summed E-state index contributed by atoms with van der Waals surface area (Å²) >= 11 is 1.75. The highest BCUT2D eigenvalue weighted by Gasteiger charge is 2.32. The Labute approximate surface area is 163 Å². The summed E-state index contributed by atoms with van der Waals surface area (Å²) in [6, 6.07) is 0. The number of aromatic nitrogens is 7. The molecule has 0 aromatic carbocycles. The minimum absolute atomic E-state index is 0.0614. The van der Waals surface area contributed by atoms with E-state index < -0.39 is 0 Å². The number of hydrogen-bond donors (Lipinski definition) is 1. The van der Waals surface area contributed by atoms with Gasteiger partial charge in [0.2, 0.25) is 11.8 Å². The molecule has 0 amide bonds. The molecule has 0 atom stereocenters. The number of thiazole rings is 1. The van der Waals surface area contributed by atoms with Gasteiger partial charge >= 0.3 is 0 Å². The molecule has 0 saturated carbocycles.